The molecule has 0 bridgehead atoms. The second kappa shape index (κ2) is 3.68. The van der Waals surface area contributed by atoms with E-state index in [-0.39, 0.29) is 4.90 Å². The first-order valence-electron chi connectivity index (χ1n) is 3.55. The summed E-state index contributed by atoms with van der Waals surface area (Å²) in [7, 11) is -7.97. The zero-order chi connectivity index (χ0) is 10.8. The van der Waals surface area contributed by atoms with E-state index in [0.29, 0.717) is 0 Å². The van der Waals surface area contributed by atoms with E-state index in [2.05, 4.69) is 4.13 Å². The molecule has 1 aromatic carbocycles. The Morgan fingerprint density at radius 1 is 1.00 bits per heavy atom. The highest BCUT2D eigenvalue weighted by Crippen LogP contribution is 2.08. The van der Waals surface area contributed by atoms with E-state index in [1.807, 2.05) is 0 Å². The molecule has 14 heavy (non-hydrogen) atoms. The summed E-state index contributed by atoms with van der Waals surface area (Å²) in [4.78, 5) is -0.134. The molecule has 0 saturated heterocycles. The lowest BCUT2D eigenvalue weighted by Gasteiger charge is -2.00. The largest absolute Gasteiger partial charge is 0.271 e. The zero-order valence-corrected chi connectivity index (χ0v) is 8.92. The highest BCUT2D eigenvalue weighted by molar-refractivity contribution is 8.04. The molecule has 0 aliphatic carbocycles. The Kier molecular flexibility index (Phi) is 2.93. The molecule has 5 nitrogen and oxygen atoms in total. The first-order chi connectivity index (χ1) is 6.31. The van der Waals surface area contributed by atoms with Crippen LogP contribution in [0.3, 0.4) is 0 Å². The predicted octanol–water partition coefficient (Wildman–Crippen LogP) is -0.0607. The van der Waals surface area contributed by atoms with Crippen molar-refractivity contribution in [2.24, 2.45) is 0 Å². The van der Waals surface area contributed by atoms with Gasteiger partial charge in [-0.1, -0.05) is 18.2 Å². The van der Waals surface area contributed by atoms with E-state index in [1.165, 1.54) is 24.3 Å². The fraction of sp³-hybridized carbons (Fsp3) is 0.143. The molecule has 1 rings (SSSR count). The van der Waals surface area contributed by atoms with Gasteiger partial charge in [-0.3, -0.25) is 0 Å². The van der Waals surface area contributed by atoms with Gasteiger partial charge in [0.2, 0.25) is 10.0 Å². The van der Waals surface area contributed by atoms with Crippen molar-refractivity contribution in [3.8, 4) is 0 Å². The molecule has 0 heterocycles. The second-order valence-corrected chi connectivity index (χ2v) is 6.08. The molecular weight excluding hydrogens is 226 g/mol. The topological polar surface area (TPSA) is 82.4 Å². The van der Waals surface area contributed by atoms with Gasteiger partial charge in [0.25, 0.3) is 10.0 Å². The molecule has 0 unspecified atom stereocenters. The third-order valence-corrected chi connectivity index (χ3v) is 4.01. The Labute approximate surface area is 82.9 Å². The van der Waals surface area contributed by atoms with E-state index < -0.39 is 20.0 Å². The minimum atomic E-state index is -4.08. The molecule has 1 radical (unpaired) electrons. The lowest BCUT2D eigenvalue weighted by atomic mass is 10.4. The van der Waals surface area contributed by atoms with Crippen LogP contribution < -0.4 is 4.13 Å². The number of hydrogen-bond donors (Lipinski definition) is 0. The maximum Gasteiger partial charge on any atom is 0.271 e. The maximum atomic E-state index is 11.3. The molecular formula is C7H8NO4S2. The standard InChI is InChI=1S/C7H8NO4S2/c1-13(9,10)8-14(11,12)7-5-3-2-4-6-7/h2-6H,1H3. The summed E-state index contributed by atoms with van der Waals surface area (Å²) in [5, 5.41) is 0. The molecule has 0 aromatic heterocycles. The summed E-state index contributed by atoms with van der Waals surface area (Å²) >= 11 is 0. The second-order valence-electron chi connectivity index (χ2n) is 2.60. The highest BCUT2D eigenvalue weighted by atomic mass is 32.3. The monoisotopic (exact) mass is 234 g/mol. The summed E-state index contributed by atoms with van der Waals surface area (Å²) in [6.45, 7) is 0. The van der Waals surface area contributed by atoms with E-state index >= 15 is 0 Å². The van der Waals surface area contributed by atoms with E-state index in [0.717, 1.165) is 6.26 Å². The molecule has 0 fully saturated rings. The number of nitrogens with zero attached hydrogens (tertiary/aromatic N) is 1. The molecule has 7 heteroatoms. The van der Waals surface area contributed by atoms with Crippen LogP contribution in [0.4, 0.5) is 0 Å². The van der Waals surface area contributed by atoms with Crippen LogP contribution in [0.5, 0.6) is 0 Å². The van der Waals surface area contributed by atoms with Crippen molar-refractivity contribution in [2.45, 2.75) is 4.90 Å². The molecule has 0 aliphatic rings. The predicted molar refractivity (Wildman–Crippen MR) is 50.6 cm³/mol. The van der Waals surface area contributed by atoms with Crippen molar-refractivity contribution in [2.75, 3.05) is 6.26 Å². The minimum absolute atomic E-state index is 0.134. The van der Waals surface area contributed by atoms with E-state index in [1.54, 1.807) is 6.07 Å². The summed E-state index contributed by atoms with van der Waals surface area (Å²) in [5.41, 5.74) is 0. The third-order valence-electron chi connectivity index (χ3n) is 1.27. The molecule has 1 aromatic rings. The van der Waals surface area contributed by atoms with Crippen molar-refractivity contribution >= 4 is 20.0 Å². The van der Waals surface area contributed by atoms with Crippen molar-refractivity contribution < 1.29 is 16.8 Å². The quantitative estimate of drug-likeness (QED) is 0.733. The van der Waals surface area contributed by atoms with E-state index in [9.17, 15) is 16.8 Å². The Morgan fingerprint density at radius 3 is 1.93 bits per heavy atom. The number of hydrogen-bond acceptors (Lipinski definition) is 4. The summed E-state index contributed by atoms with van der Waals surface area (Å²) in [5.74, 6) is 0. The maximum absolute atomic E-state index is 11.3. The van der Waals surface area contributed by atoms with Gasteiger partial charge in [0.15, 0.2) is 0 Å². The first-order valence-corrected chi connectivity index (χ1v) is 6.84. The van der Waals surface area contributed by atoms with Crippen LogP contribution in [0.15, 0.2) is 35.2 Å². The van der Waals surface area contributed by atoms with Gasteiger partial charge in [-0.25, -0.2) is 16.8 Å². The average molecular weight is 234 g/mol. The molecule has 0 N–H and O–H groups in total. The SMILES string of the molecule is CS(=O)(=O)[N]S(=O)(=O)c1ccccc1. The Bertz CT molecular complexity index is 504. The van der Waals surface area contributed by atoms with Gasteiger partial charge in [-0.15, -0.1) is 0 Å². The zero-order valence-electron chi connectivity index (χ0n) is 7.28. The van der Waals surface area contributed by atoms with Crippen LogP contribution >= 0.6 is 0 Å². The van der Waals surface area contributed by atoms with Crippen LogP contribution in [0.2, 0.25) is 0 Å². The normalized spacial score (nSPS) is 12.6. The summed E-state index contributed by atoms with van der Waals surface area (Å²) < 4.78 is 46.7. The Balaban J connectivity index is 3.12. The fourth-order valence-electron chi connectivity index (χ4n) is 0.814. The Morgan fingerprint density at radius 2 is 1.50 bits per heavy atom. The summed E-state index contributed by atoms with van der Waals surface area (Å²) in [6, 6.07) is 7.17. The molecule has 0 atom stereocenters. The molecule has 0 saturated carbocycles. The van der Waals surface area contributed by atoms with Crippen LogP contribution in [0, 0.1) is 0 Å². The fourth-order valence-corrected chi connectivity index (χ4v) is 3.09. The van der Waals surface area contributed by atoms with Crippen LogP contribution in [0.25, 0.3) is 0 Å². The van der Waals surface area contributed by atoms with E-state index in [4.69, 9.17) is 0 Å². The Hall–Kier alpha value is -0.920. The van der Waals surface area contributed by atoms with Gasteiger partial charge in [-0.05, 0) is 12.1 Å². The van der Waals surface area contributed by atoms with Crippen molar-refractivity contribution in [3.05, 3.63) is 30.3 Å². The van der Waals surface area contributed by atoms with Crippen molar-refractivity contribution in [1.82, 2.24) is 4.13 Å². The first kappa shape index (κ1) is 11.2. The van der Waals surface area contributed by atoms with Gasteiger partial charge in [0, 0.05) is 4.13 Å². The van der Waals surface area contributed by atoms with Gasteiger partial charge in [0.1, 0.15) is 0 Å². The van der Waals surface area contributed by atoms with Crippen LogP contribution in [-0.4, -0.2) is 23.1 Å². The third kappa shape index (κ3) is 3.09. The molecule has 77 valence electrons. The number of benzene rings is 1. The molecule has 0 spiro atoms. The smallest absolute Gasteiger partial charge is 0.210 e. The lowest BCUT2D eigenvalue weighted by Crippen LogP contribution is -2.22. The average Bonchev–Trinajstić information content (AvgIpc) is 2.01. The number of sulfonamides is 2. The highest BCUT2D eigenvalue weighted by Gasteiger charge is 2.21. The van der Waals surface area contributed by atoms with Gasteiger partial charge in [-0.2, -0.15) is 0 Å². The van der Waals surface area contributed by atoms with Crippen LogP contribution in [-0.2, 0) is 20.0 Å². The minimum Gasteiger partial charge on any atom is -0.210 e. The molecule has 0 aliphatic heterocycles. The lowest BCUT2D eigenvalue weighted by molar-refractivity contribution is 0.579. The van der Waals surface area contributed by atoms with Gasteiger partial charge >= 0.3 is 0 Å². The van der Waals surface area contributed by atoms with Crippen molar-refractivity contribution in [3.63, 3.8) is 0 Å². The van der Waals surface area contributed by atoms with Crippen LogP contribution in [0.1, 0.15) is 0 Å². The van der Waals surface area contributed by atoms with Crippen molar-refractivity contribution in [1.29, 1.82) is 0 Å². The van der Waals surface area contributed by atoms with Gasteiger partial charge in [0.05, 0.1) is 11.2 Å². The van der Waals surface area contributed by atoms with Gasteiger partial charge < -0.3 is 0 Å². The summed E-state index contributed by atoms with van der Waals surface area (Å²) in [6.07, 6.45) is 0.730. The number of rotatable bonds is 3. The molecule has 0 amide bonds.